The topological polar surface area (TPSA) is 96.0 Å². The van der Waals surface area contributed by atoms with E-state index in [1.165, 1.54) is 29.7 Å². The van der Waals surface area contributed by atoms with Crippen LogP contribution in [0.1, 0.15) is 22.8 Å². The second-order valence-corrected chi connectivity index (χ2v) is 9.75. The van der Waals surface area contributed by atoms with Crippen molar-refractivity contribution >= 4 is 43.9 Å². The first kappa shape index (κ1) is 21.3. The number of nitrogens with zero attached hydrogens (tertiary/aromatic N) is 2. The standard InChI is InChI=1S/C19H23N3O5S2/c1-4-27-19(24)15-8-10-28-18(15)20-17(23)12-22-9-7-13-11-14(5-6-16(13)22)29(25,26)21(2)3/h5-6,8,10-11H,4,7,9,12H2,1-3H3,(H,20,23). The number of hydrogen-bond acceptors (Lipinski definition) is 7. The summed E-state index contributed by atoms with van der Waals surface area (Å²) >= 11 is 1.26. The molecule has 1 aliphatic rings. The van der Waals surface area contributed by atoms with Crippen molar-refractivity contribution in [1.82, 2.24) is 4.31 Å². The molecule has 1 aromatic heterocycles. The summed E-state index contributed by atoms with van der Waals surface area (Å²) in [4.78, 5) is 26.6. The first-order valence-corrected chi connectivity index (χ1v) is 11.4. The smallest absolute Gasteiger partial charge is 0.341 e. The van der Waals surface area contributed by atoms with Gasteiger partial charge in [-0.3, -0.25) is 4.79 Å². The molecule has 1 N–H and O–H groups in total. The van der Waals surface area contributed by atoms with E-state index in [2.05, 4.69) is 5.32 Å². The number of ether oxygens (including phenoxy) is 1. The predicted molar refractivity (Wildman–Crippen MR) is 112 cm³/mol. The van der Waals surface area contributed by atoms with Crippen LogP contribution in [-0.2, 0) is 26.0 Å². The summed E-state index contributed by atoms with van der Waals surface area (Å²) < 4.78 is 30.8. The minimum absolute atomic E-state index is 0.104. The van der Waals surface area contributed by atoms with Gasteiger partial charge >= 0.3 is 5.97 Å². The van der Waals surface area contributed by atoms with E-state index < -0.39 is 16.0 Å². The van der Waals surface area contributed by atoms with Crippen LogP contribution in [0.25, 0.3) is 0 Å². The van der Waals surface area contributed by atoms with Gasteiger partial charge in [-0.2, -0.15) is 0 Å². The number of carbonyl (C=O) groups is 2. The second kappa shape index (κ2) is 8.52. The van der Waals surface area contributed by atoms with E-state index in [1.54, 1.807) is 36.6 Å². The predicted octanol–water partition coefficient (Wildman–Crippen LogP) is 2.18. The molecule has 1 amide bonds. The molecule has 0 fully saturated rings. The summed E-state index contributed by atoms with van der Waals surface area (Å²) in [7, 11) is -0.509. The summed E-state index contributed by atoms with van der Waals surface area (Å²) in [5, 5.41) is 4.95. The van der Waals surface area contributed by atoms with Crippen molar-refractivity contribution in [3.05, 3.63) is 40.8 Å². The Kier molecular flexibility index (Phi) is 6.25. The molecule has 1 aliphatic heterocycles. The molecule has 8 nitrogen and oxygen atoms in total. The Morgan fingerprint density at radius 3 is 2.72 bits per heavy atom. The average Bonchev–Trinajstić information content (AvgIpc) is 3.28. The van der Waals surface area contributed by atoms with E-state index in [1.807, 2.05) is 4.90 Å². The first-order chi connectivity index (χ1) is 13.7. The molecule has 0 saturated heterocycles. The van der Waals surface area contributed by atoms with Crippen LogP contribution in [0.15, 0.2) is 34.5 Å². The number of thiophene rings is 1. The molecule has 29 heavy (non-hydrogen) atoms. The Morgan fingerprint density at radius 2 is 2.03 bits per heavy atom. The molecule has 2 aromatic rings. The summed E-state index contributed by atoms with van der Waals surface area (Å²) in [5.74, 6) is -0.721. The van der Waals surface area contributed by atoms with Crippen molar-refractivity contribution in [3.8, 4) is 0 Å². The molecule has 0 radical (unpaired) electrons. The molecule has 10 heteroatoms. The Morgan fingerprint density at radius 1 is 1.28 bits per heavy atom. The van der Waals surface area contributed by atoms with Crippen LogP contribution < -0.4 is 10.2 Å². The lowest BCUT2D eigenvalue weighted by Crippen LogP contribution is -2.32. The van der Waals surface area contributed by atoms with E-state index in [4.69, 9.17) is 4.74 Å². The van der Waals surface area contributed by atoms with Crippen LogP contribution in [-0.4, -0.2) is 58.4 Å². The number of anilines is 2. The zero-order valence-electron chi connectivity index (χ0n) is 16.5. The summed E-state index contributed by atoms with van der Waals surface area (Å²) in [6.07, 6.45) is 0.659. The highest BCUT2D eigenvalue weighted by Gasteiger charge is 2.25. The van der Waals surface area contributed by atoms with Gasteiger partial charge in [0.25, 0.3) is 0 Å². The number of sulfonamides is 1. The van der Waals surface area contributed by atoms with Crippen LogP contribution in [0.3, 0.4) is 0 Å². The maximum Gasteiger partial charge on any atom is 0.341 e. The van der Waals surface area contributed by atoms with Crippen molar-refractivity contribution < 1.29 is 22.7 Å². The zero-order valence-corrected chi connectivity index (χ0v) is 18.1. The van der Waals surface area contributed by atoms with Crippen LogP contribution in [0.4, 0.5) is 10.7 Å². The zero-order chi connectivity index (χ0) is 21.2. The molecular weight excluding hydrogens is 414 g/mol. The molecule has 2 heterocycles. The SMILES string of the molecule is CCOC(=O)c1ccsc1NC(=O)CN1CCc2cc(S(=O)(=O)N(C)C)ccc21. The van der Waals surface area contributed by atoms with Gasteiger partial charge in [0.05, 0.1) is 23.6 Å². The Hall–Kier alpha value is -2.43. The lowest BCUT2D eigenvalue weighted by atomic mass is 10.2. The Labute approximate surface area is 174 Å². The third-order valence-electron chi connectivity index (χ3n) is 4.57. The molecule has 0 spiro atoms. The lowest BCUT2D eigenvalue weighted by Gasteiger charge is -2.19. The van der Waals surface area contributed by atoms with Crippen molar-refractivity contribution in [2.24, 2.45) is 0 Å². The molecule has 0 saturated carbocycles. The molecule has 156 valence electrons. The highest BCUT2D eigenvalue weighted by atomic mass is 32.2. The van der Waals surface area contributed by atoms with Gasteiger partial charge in [-0.25, -0.2) is 17.5 Å². The third kappa shape index (κ3) is 4.44. The minimum atomic E-state index is -3.50. The number of nitrogens with one attached hydrogen (secondary N) is 1. The summed E-state index contributed by atoms with van der Waals surface area (Å²) in [6, 6.07) is 6.58. The lowest BCUT2D eigenvalue weighted by molar-refractivity contribution is -0.114. The number of fused-ring (bicyclic) bond motifs is 1. The number of amides is 1. The molecule has 0 bridgehead atoms. The molecule has 3 rings (SSSR count). The number of carbonyl (C=O) groups excluding carboxylic acids is 2. The Bertz CT molecular complexity index is 1030. The van der Waals surface area contributed by atoms with E-state index >= 15 is 0 Å². The third-order valence-corrected chi connectivity index (χ3v) is 7.21. The fraction of sp³-hybridized carbons (Fsp3) is 0.368. The molecule has 1 aromatic carbocycles. The molecule has 0 unspecified atom stereocenters. The average molecular weight is 438 g/mol. The Balaban J connectivity index is 1.70. The van der Waals surface area contributed by atoms with E-state index in [0.717, 1.165) is 11.3 Å². The van der Waals surface area contributed by atoms with Crippen molar-refractivity contribution in [1.29, 1.82) is 0 Å². The highest BCUT2D eigenvalue weighted by molar-refractivity contribution is 7.89. The van der Waals surface area contributed by atoms with Crippen molar-refractivity contribution in [3.63, 3.8) is 0 Å². The second-order valence-electron chi connectivity index (χ2n) is 6.68. The monoisotopic (exact) mass is 437 g/mol. The summed E-state index contributed by atoms with van der Waals surface area (Å²) in [5.41, 5.74) is 2.07. The molecule has 0 atom stereocenters. The van der Waals surface area contributed by atoms with Gasteiger partial charge in [-0.05, 0) is 48.6 Å². The van der Waals surface area contributed by atoms with E-state index in [9.17, 15) is 18.0 Å². The van der Waals surface area contributed by atoms with Crippen molar-refractivity contribution in [2.75, 3.05) is 44.0 Å². The summed E-state index contributed by atoms with van der Waals surface area (Å²) in [6.45, 7) is 2.71. The van der Waals surface area contributed by atoms with Crippen LogP contribution in [0.5, 0.6) is 0 Å². The van der Waals surface area contributed by atoms with Gasteiger partial charge in [0.1, 0.15) is 5.00 Å². The number of hydrogen-bond donors (Lipinski definition) is 1. The highest BCUT2D eigenvalue weighted by Crippen LogP contribution is 2.31. The minimum Gasteiger partial charge on any atom is -0.462 e. The van der Waals surface area contributed by atoms with Gasteiger partial charge in [0.2, 0.25) is 15.9 Å². The number of benzene rings is 1. The normalized spacial score (nSPS) is 13.4. The quantitative estimate of drug-likeness (QED) is 0.667. The van der Waals surface area contributed by atoms with Crippen LogP contribution >= 0.6 is 11.3 Å². The van der Waals surface area contributed by atoms with Gasteiger partial charge in [-0.15, -0.1) is 11.3 Å². The fourth-order valence-corrected chi connectivity index (χ4v) is 4.84. The number of rotatable bonds is 7. The first-order valence-electron chi connectivity index (χ1n) is 9.09. The van der Waals surface area contributed by atoms with Gasteiger partial charge < -0.3 is 15.0 Å². The maximum absolute atomic E-state index is 12.5. The van der Waals surface area contributed by atoms with Crippen LogP contribution in [0, 0.1) is 0 Å². The van der Waals surface area contributed by atoms with Gasteiger partial charge in [0.15, 0.2) is 0 Å². The van der Waals surface area contributed by atoms with Crippen LogP contribution in [0.2, 0.25) is 0 Å². The van der Waals surface area contributed by atoms with Gasteiger partial charge in [-0.1, -0.05) is 0 Å². The largest absolute Gasteiger partial charge is 0.462 e. The van der Waals surface area contributed by atoms with Gasteiger partial charge in [0, 0.05) is 26.3 Å². The van der Waals surface area contributed by atoms with E-state index in [-0.39, 0.29) is 24.0 Å². The van der Waals surface area contributed by atoms with E-state index in [0.29, 0.717) is 23.5 Å². The fourth-order valence-electron chi connectivity index (χ4n) is 3.10. The number of esters is 1. The van der Waals surface area contributed by atoms with Crippen molar-refractivity contribution in [2.45, 2.75) is 18.2 Å². The molecule has 0 aliphatic carbocycles. The maximum atomic E-state index is 12.5. The molecular formula is C19H23N3O5S2.